The van der Waals surface area contributed by atoms with E-state index in [4.69, 9.17) is 30.5 Å². The van der Waals surface area contributed by atoms with Crippen LogP contribution in [-0.4, -0.2) is 54.5 Å². The number of aromatic nitrogens is 3. The molecule has 7 nitrogen and oxygen atoms in total. The van der Waals surface area contributed by atoms with E-state index >= 15 is 0 Å². The number of rotatable bonds is 9. The topological polar surface area (TPSA) is 70.4 Å². The zero-order valence-corrected chi connectivity index (χ0v) is 28.9. The van der Waals surface area contributed by atoms with E-state index in [0.717, 1.165) is 54.0 Å². The van der Waals surface area contributed by atoms with Crippen LogP contribution >= 0.6 is 11.6 Å². The number of ether oxygens (including phenoxy) is 2. The zero-order valence-electron chi connectivity index (χ0n) is 27.2. The number of halogens is 1. The Bertz CT molecular complexity index is 1370. The molecule has 2 unspecified atom stereocenters. The molecule has 2 aromatic heterocycles. The summed E-state index contributed by atoms with van der Waals surface area (Å²) in [7, 11) is -2.06. The van der Waals surface area contributed by atoms with Crippen molar-refractivity contribution in [2.75, 3.05) is 18.5 Å². The van der Waals surface area contributed by atoms with Crippen molar-refractivity contribution < 1.29 is 13.9 Å². The van der Waals surface area contributed by atoms with E-state index in [9.17, 15) is 0 Å². The molecule has 0 spiro atoms. The monoisotopic (exact) mass is 613 g/mol. The van der Waals surface area contributed by atoms with Crippen LogP contribution in [0.2, 0.25) is 23.2 Å². The highest BCUT2D eigenvalue weighted by Crippen LogP contribution is 2.40. The summed E-state index contributed by atoms with van der Waals surface area (Å²) < 4.78 is 21.0. The predicted octanol–water partition coefficient (Wildman–Crippen LogP) is 8.94. The van der Waals surface area contributed by atoms with Crippen LogP contribution < -0.4 is 10.1 Å². The second-order valence-electron chi connectivity index (χ2n) is 14.5. The molecule has 9 heteroatoms. The highest BCUT2D eigenvalue weighted by atomic mass is 35.5. The third-order valence-corrected chi connectivity index (χ3v) is 13.2. The van der Waals surface area contributed by atoms with E-state index in [2.05, 4.69) is 91.9 Å². The molecule has 1 N–H and O–H groups in total. The Hall–Kier alpha value is -2.13. The van der Waals surface area contributed by atoms with Gasteiger partial charge in [0, 0.05) is 47.0 Å². The summed E-state index contributed by atoms with van der Waals surface area (Å²) >= 11 is 6.72. The molecule has 1 aliphatic heterocycles. The summed E-state index contributed by atoms with van der Waals surface area (Å²) in [6, 6.07) is 8.43. The molecule has 1 radical (unpaired) electrons. The fraction of sp³-hybridized carbons (Fsp3) is 0.606. The van der Waals surface area contributed by atoms with Crippen molar-refractivity contribution in [2.45, 2.75) is 111 Å². The molecular weight excluding hydrogens is 564 g/mol. The fourth-order valence-corrected chi connectivity index (χ4v) is 6.54. The molecule has 0 saturated carbocycles. The van der Waals surface area contributed by atoms with Gasteiger partial charge in [-0.3, -0.25) is 0 Å². The van der Waals surface area contributed by atoms with Gasteiger partial charge in [0.25, 0.3) is 0 Å². The Kier molecular flexibility index (Phi) is 9.73. The molecule has 231 valence electrons. The maximum Gasteiger partial charge on any atom is 0.192 e. The quantitative estimate of drug-likeness (QED) is 0.243. The van der Waals surface area contributed by atoms with Crippen molar-refractivity contribution in [3.63, 3.8) is 0 Å². The van der Waals surface area contributed by atoms with Crippen molar-refractivity contribution >= 4 is 36.6 Å². The van der Waals surface area contributed by atoms with Crippen LogP contribution in [0.1, 0.15) is 74.3 Å². The molecule has 1 fully saturated rings. The van der Waals surface area contributed by atoms with E-state index in [0.29, 0.717) is 16.8 Å². The standard InChI is InChI=1S/C33H50ClN4O3Si/c1-21(2)38-31-27(20-35-38)29(36-25-12-14-39-15-13-25)19-28(37-31)23-16-24(34)18-26(17-23)40-30(32(4,5)6)22(3)41-42(10,11)33(7,8)9/h16-22,25,30H,3,12-15H2,1-2,4-11H3,(H,36,37). The molecule has 3 aromatic rings. The van der Waals surface area contributed by atoms with Gasteiger partial charge in [0.15, 0.2) is 14.0 Å². The largest absolute Gasteiger partial charge is 0.487 e. The molecule has 2 atom stereocenters. The smallest absolute Gasteiger partial charge is 0.192 e. The molecule has 0 aliphatic carbocycles. The van der Waals surface area contributed by atoms with Gasteiger partial charge >= 0.3 is 0 Å². The number of fused-ring (bicyclic) bond motifs is 1. The minimum atomic E-state index is -2.06. The van der Waals surface area contributed by atoms with Crippen molar-refractivity contribution in [2.24, 2.45) is 5.41 Å². The lowest BCUT2D eigenvalue weighted by Gasteiger charge is -2.43. The van der Waals surface area contributed by atoms with Gasteiger partial charge in [0.05, 0.1) is 23.4 Å². The summed E-state index contributed by atoms with van der Waals surface area (Å²) in [6.07, 6.45) is 3.19. The molecule has 0 amide bonds. The molecule has 0 bridgehead atoms. The zero-order chi connectivity index (χ0) is 31.0. The molecule has 42 heavy (non-hydrogen) atoms. The van der Waals surface area contributed by atoms with Crippen LogP contribution in [0.5, 0.6) is 5.75 Å². The van der Waals surface area contributed by atoms with Crippen LogP contribution in [0.4, 0.5) is 5.69 Å². The predicted molar refractivity (Wildman–Crippen MR) is 177 cm³/mol. The van der Waals surface area contributed by atoms with Crippen molar-refractivity contribution in [3.8, 4) is 17.0 Å². The summed E-state index contributed by atoms with van der Waals surface area (Å²) in [5.41, 5.74) is 3.32. The minimum Gasteiger partial charge on any atom is -0.487 e. The average Bonchev–Trinajstić information content (AvgIpc) is 3.31. The molecular formula is C33H50ClN4O3Si. The fourth-order valence-electron chi connectivity index (χ4n) is 5.08. The first-order valence-corrected chi connectivity index (χ1v) is 18.5. The Balaban J connectivity index is 1.72. The number of anilines is 1. The molecule has 4 rings (SSSR count). The highest BCUT2D eigenvalue weighted by Gasteiger charge is 2.42. The van der Waals surface area contributed by atoms with E-state index in [1.165, 1.54) is 0 Å². The molecule has 1 aliphatic rings. The lowest BCUT2D eigenvalue weighted by Crippen LogP contribution is -2.50. The van der Waals surface area contributed by atoms with Crippen LogP contribution in [0, 0.1) is 12.3 Å². The Morgan fingerprint density at radius 3 is 2.33 bits per heavy atom. The van der Waals surface area contributed by atoms with Crippen LogP contribution in [0.25, 0.3) is 22.3 Å². The SMILES string of the molecule is [CH2]C(O[Si](C)(C)C(C)(C)C)C(Oc1cc(Cl)cc(-c2cc(NC3CCOCC3)c3cnn(C(C)C)c3n2)c1)C(C)(C)C. The van der Waals surface area contributed by atoms with Crippen LogP contribution in [0.15, 0.2) is 30.5 Å². The van der Waals surface area contributed by atoms with E-state index < -0.39 is 8.32 Å². The van der Waals surface area contributed by atoms with Gasteiger partial charge in [-0.1, -0.05) is 53.1 Å². The first-order chi connectivity index (χ1) is 19.5. The van der Waals surface area contributed by atoms with Crippen LogP contribution in [-0.2, 0) is 9.16 Å². The number of hydrogen-bond acceptors (Lipinski definition) is 6. The summed E-state index contributed by atoms with van der Waals surface area (Å²) in [5.74, 6) is 0.670. The summed E-state index contributed by atoms with van der Waals surface area (Å²) in [5, 5.41) is 10.1. The van der Waals surface area contributed by atoms with E-state index in [1.807, 2.05) is 29.1 Å². The third-order valence-electron chi connectivity index (χ3n) is 8.51. The van der Waals surface area contributed by atoms with Gasteiger partial charge in [0.2, 0.25) is 0 Å². The second-order valence-corrected chi connectivity index (χ2v) is 19.7. The highest BCUT2D eigenvalue weighted by molar-refractivity contribution is 6.74. The van der Waals surface area contributed by atoms with Crippen molar-refractivity contribution in [3.05, 3.63) is 42.4 Å². The molecule has 1 saturated heterocycles. The van der Waals surface area contributed by atoms with Crippen molar-refractivity contribution in [1.29, 1.82) is 0 Å². The number of hydrogen-bond donors (Lipinski definition) is 1. The van der Waals surface area contributed by atoms with Crippen molar-refractivity contribution in [1.82, 2.24) is 14.8 Å². The Morgan fingerprint density at radius 1 is 1.07 bits per heavy atom. The number of pyridine rings is 1. The van der Waals surface area contributed by atoms with E-state index in [1.54, 1.807) is 0 Å². The second kappa shape index (κ2) is 12.5. The van der Waals surface area contributed by atoms with Gasteiger partial charge in [-0.25, -0.2) is 9.67 Å². The number of benzene rings is 1. The lowest BCUT2D eigenvalue weighted by molar-refractivity contribution is 0.000985. The maximum atomic E-state index is 6.72. The first kappa shape index (κ1) is 32.8. The van der Waals surface area contributed by atoms with Gasteiger partial charge in [-0.15, -0.1) is 0 Å². The van der Waals surface area contributed by atoms with Gasteiger partial charge in [0.1, 0.15) is 11.9 Å². The maximum absolute atomic E-state index is 6.72. The normalized spacial score (nSPS) is 17.1. The summed E-state index contributed by atoms with van der Waals surface area (Å²) in [4.78, 5) is 5.09. The molecule has 1 aromatic carbocycles. The Morgan fingerprint density at radius 2 is 1.74 bits per heavy atom. The van der Waals surface area contributed by atoms with Gasteiger partial charge < -0.3 is 19.2 Å². The molecule has 3 heterocycles. The summed E-state index contributed by atoms with van der Waals surface area (Å²) in [6.45, 7) is 27.9. The average molecular weight is 614 g/mol. The first-order valence-electron chi connectivity index (χ1n) is 15.2. The lowest BCUT2D eigenvalue weighted by atomic mass is 9.86. The van der Waals surface area contributed by atoms with Gasteiger partial charge in [-0.2, -0.15) is 5.10 Å². The minimum absolute atomic E-state index is 0.0673. The third kappa shape index (κ3) is 7.49. The van der Waals surface area contributed by atoms with Gasteiger partial charge in [-0.05, 0) is 76.0 Å². The van der Waals surface area contributed by atoms with Crippen LogP contribution in [0.3, 0.4) is 0 Å². The Labute approximate surface area is 258 Å². The van der Waals surface area contributed by atoms with E-state index in [-0.39, 0.29) is 28.7 Å². The number of nitrogens with one attached hydrogen (secondary N) is 1. The number of nitrogens with zero attached hydrogens (tertiary/aromatic N) is 3.